The lowest BCUT2D eigenvalue weighted by atomic mass is 9.83. The third-order valence-electron chi connectivity index (χ3n) is 2.67. The Morgan fingerprint density at radius 2 is 2.00 bits per heavy atom. The zero-order valence-corrected chi connectivity index (χ0v) is 7.57. The van der Waals surface area contributed by atoms with Crippen LogP contribution in [0.15, 0.2) is 11.6 Å². The molecule has 0 aromatic carbocycles. The number of rotatable bonds is 3. The predicted octanol–water partition coefficient (Wildman–Crippen LogP) is 3.39. The van der Waals surface area contributed by atoms with Crippen LogP contribution in [0.4, 0.5) is 0 Å². The molecule has 1 aliphatic carbocycles. The van der Waals surface area contributed by atoms with Crippen LogP contribution in [-0.2, 0) is 0 Å². The average molecular weight is 138 g/mol. The molecule has 10 heavy (non-hydrogen) atoms. The second-order valence-corrected chi connectivity index (χ2v) is 4.24. The number of allylic oxidation sites excluding steroid dienone is 2. The van der Waals surface area contributed by atoms with E-state index in [1.807, 2.05) is 0 Å². The Labute approximate surface area is 64.3 Å². The highest BCUT2D eigenvalue weighted by Crippen LogP contribution is 2.40. The lowest BCUT2D eigenvalue weighted by molar-refractivity contribution is 0.309. The van der Waals surface area contributed by atoms with Crippen molar-refractivity contribution in [3.8, 4) is 0 Å². The van der Waals surface area contributed by atoms with Crippen molar-refractivity contribution >= 4 is 0 Å². The molecule has 0 heteroatoms. The molecule has 0 heterocycles. The molecule has 0 saturated carbocycles. The maximum atomic E-state index is 2.37. The van der Waals surface area contributed by atoms with E-state index in [9.17, 15) is 0 Å². The minimum atomic E-state index is 0.554. The number of hydrogen-bond acceptors (Lipinski definition) is 0. The van der Waals surface area contributed by atoms with Crippen LogP contribution in [0.5, 0.6) is 0 Å². The first kappa shape index (κ1) is 7.84. The predicted molar refractivity (Wildman–Crippen MR) is 45.9 cm³/mol. The summed E-state index contributed by atoms with van der Waals surface area (Å²) >= 11 is 0. The Morgan fingerprint density at radius 3 is 2.30 bits per heavy atom. The molecular formula is C10H18. The molecule has 0 bridgehead atoms. The standard InChI is InChI=1S/C10H18/c1-5-10(3,4)7-9-6-8(9)2/h6,9H,5,7H2,1-4H3. The van der Waals surface area contributed by atoms with Gasteiger partial charge in [0.1, 0.15) is 0 Å². The third-order valence-corrected chi connectivity index (χ3v) is 2.67. The van der Waals surface area contributed by atoms with E-state index in [0.29, 0.717) is 5.41 Å². The molecule has 1 unspecified atom stereocenters. The van der Waals surface area contributed by atoms with E-state index in [1.165, 1.54) is 12.8 Å². The largest absolute Gasteiger partial charge is 0.0778 e. The molecule has 0 spiro atoms. The molecule has 0 aromatic rings. The summed E-state index contributed by atoms with van der Waals surface area (Å²) in [6, 6.07) is 0. The van der Waals surface area contributed by atoms with Gasteiger partial charge in [-0.2, -0.15) is 0 Å². The van der Waals surface area contributed by atoms with Crippen molar-refractivity contribution in [2.24, 2.45) is 11.3 Å². The summed E-state index contributed by atoms with van der Waals surface area (Å²) in [5, 5.41) is 0. The van der Waals surface area contributed by atoms with Crippen LogP contribution in [0.2, 0.25) is 0 Å². The van der Waals surface area contributed by atoms with Crippen LogP contribution >= 0.6 is 0 Å². The molecule has 0 nitrogen and oxygen atoms in total. The molecule has 0 amide bonds. The van der Waals surface area contributed by atoms with Crippen molar-refractivity contribution < 1.29 is 0 Å². The van der Waals surface area contributed by atoms with Gasteiger partial charge in [-0.3, -0.25) is 0 Å². The smallest absolute Gasteiger partial charge is 0.00180 e. The van der Waals surface area contributed by atoms with E-state index in [2.05, 4.69) is 33.8 Å². The minimum absolute atomic E-state index is 0.554. The highest BCUT2D eigenvalue weighted by molar-refractivity contribution is 5.26. The highest BCUT2D eigenvalue weighted by atomic mass is 14.3. The van der Waals surface area contributed by atoms with Crippen LogP contribution < -0.4 is 0 Å². The molecule has 1 rings (SSSR count). The fourth-order valence-corrected chi connectivity index (χ4v) is 1.23. The van der Waals surface area contributed by atoms with Gasteiger partial charge in [-0.1, -0.05) is 38.8 Å². The van der Waals surface area contributed by atoms with Crippen molar-refractivity contribution in [2.45, 2.75) is 40.5 Å². The monoisotopic (exact) mass is 138 g/mol. The van der Waals surface area contributed by atoms with Crippen molar-refractivity contribution in [1.29, 1.82) is 0 Å². The second-order valence-electron chi connectivity index (χ2n) is 4.24. The Hall–Kier alpha value is -0.260. The molecule has 0 N–H and O–H groups in total. The van der Waals surface area contributed by atoms with E-state index in [-0.39, 0.29) is 0 Å². The summed E-state index contributed by atoms with van der Waals surface area (Å²) in [5.41, 5.74) is 2.15. The van der Waals surface area contributed by atoms with Crippen molar-refractivity contribution in [3.63, 3.8) is 0 Å². The lowest BCUT2D eigenvalue weighted by Crippen LogP contribution is -2.10. The van der Waals surface area contributed by atoms with Gasteiger partial charge < -0.3 is 0 Å². The minimum Gasteiger partial charge on any atom is -0.0778 e. The van der Waals surface area contributed by atoms with Crippen LogP contribution in [0.1, 0.15) is 40.5 Å². The second kappa shape index (κ2) is 2.41. The molecule has 0 aliphatic heterocycles. The van der Waals surface area contributed by atoms with Crippen LogP contribution in [0, 0.1) is 11.3 Å². The van der Waals surface area contributed by atoms with Gasteiger partial charge in [0.25, 0.3) is 0 Å². The zero-order chi connectivity index (χ0) is 7.78. The van der Waals surface area contributed by atoms with Gasteiger partial charge in [0.15, 0.2) is 0 Å². The van der Waals surface area contributed by atoms with Gasteiger partial charge in [-0.25, -0.2) is 0 Å². The van der Waals surface area contributed by atoms with E-state index in [1.54, 1.807) is 5.57 Å². The first-order valence-corrected chi connectivity index (χ1v) is 4.23. The Kier molecular flexibility index (Phi) is 1.89. The van der Waals surface area contributed by atoms with E-state index in [4.69, 9.17) is 0 Å². The maximum Gasteiger partial charge on any atom is -0.00180 e. The Bertz CT molecular complexity index is 151. The summed E-state index contributed by atoms with van der Waals surface area (Å²) in [7, 11) is 0. The molecule has 0 aromatic heterocycles. The van der Waals surface area contributed by atoms with E-state index >= 15 is 0 Å². The SMILES string of the molecule is CCC(C)(C)CC1C=C1C. The molecule has 1 aliphatic rings. The van der Waals surface area contributed by atoms with Crippen molar-refractivity contribution in [1.82, 2.24) is 0 Å². The van der Waals surface area contributed by atoms with Gasteiger partial charge in [-0.05, 0) is 24.7 Å². The summed E-state index contributed by atoms with van der Waals surface area (Å²) in [6.45, 7) is 9.22. The summed E-state index contributed by atoms with van der Waals surface area (Å²) in [5.74, 6) is 0.856. The molecule has 0 fully saturated rings. The Morgan fingerprint density at radius 1 is 1.50 bits per heavy atom. The maximum absolute atomic E-state index is 2.37. The number of hydrogen-bond donors (Lipinski definition) is 0. The summed E-state index contributed by atoms with van der Waals surface area (Å²) in [4.78, 5) is 0. The quantitative estimate of drug-likeness (QED) is 0.524. The first-order valence-electron chi connectivity index (χ1n) is 4.23. The fraction of sp³-hybridized carbons (Fsp3) is 0.800. The van der Waals surface area contributed by atoms with Gasteiger partial charge in [0.2, 0.25) is 0 Å². The normalized spacial score (nSPS) is 24.4. The molecule has 58 valence electrons. The summed E-state index contributed by atoms with van der Waals surface area (Å²) < 4.78 is 0. The fourth-order valence-electron chi connectivity index (χ4n) is 1.23. The average Bonchev–Trinajstić information content (AvgIpc) is 2.46. The van der Waals surface area contributed by atoms with E-state index in [0.717, 1.165) is 5.92 Å². The highest BCUT2D eigenvalue weighted by Gasteiger charge is 2.27. The van der Waals surface area contributed by atoms with Crippen molar-refractivity contribution in [2.75, 3.05) is 0 Å². The van der Waals surface area contributed by atoms with Crippen LogP contribution in [0.3, 0.4) is 0 Å². The molecule has 0 radical (unpaired) electrons. The zero-order valence-electron chi connectivity index (χ0n) is 7.57. The third kappa shape index (κ3) is 1.86. The summed E-state index contributed by atoms with van der Waals surface area (Å²) in [6.07, 6.45) is 5.03. The topological polar surface area (TPSA) is 0 Å². The van der Waals surface area contributed by atoms with Crippen molar-refractivity contribution in [3.05, 3.63) is 11.6 Å². The van der Waals surface area contributed by atoms with Gasteiger partial charge >= 0.3 is 0 Å². The van der Waals surface area contributed by atoms with Crippen LogP contribution in [-0.4, -0.2) is 0 Å². The van der Waals surface area contributed by atoms with Gasteiger partial charge in [-0.15, -0.1) is 0 Å². The Balaban J connectivity index is 2.25. The molecular weight excluding hydrogens is 120 g/mol. The molecule has 1 atom stereocenters. The lowest BCUT2D eigenvalue weighted by Gasteiger charge is -2.22. The van der Waals surface area contributed by atoms with Crippen LogP contribution in [0.25, 0.3) is 0 Å². The first-order chi connectivity index (χ1) is 4.55. The van der Waals surface area contributed by atoms with Gasteiger partial charge in [0, 0.05) is 0 Å². The van der Waals surface area contributed by atoms with Gasteiger partial charge in [0.05, 0.1) is 0 Å². The van der Waals surface area contributed by atoms with E-state index < -0.39 is 0 Å². The molecule has 0 saturated heterocycles.